The molecule has 1 aliphatic heterocycles. The number of aromatic hydroxyl groups is 1. The Morgan fingerprint density at radius 1 is 1.02 bits per heavy atom. The molecule has 0 spiro atoms. The quantitative estimate of drug-likeness (QED) is 0.0773. The van der Waals surface area contributed by atoms with Crippen molar-refractivity contribution >= 4 is 40.8 Å². The smallest absolute Gasteiger partial charge is 0.246 e. The number of phenolic OH excluding ortho intramolecular Hbond substituents is 1. The van der Waals surface area contributed by atoms with Crippen LogP contribution in [0.5, 0.6) is 11.5 Å². The molecule has 4 amide bonds. The zero-order valence-corrected chi connectivity index (χ0v) is 36.0. The van der Waals surface area contributed by atoms with E-state index in [1.54, 1.807) is 41.7 Å². The van der Waals surface area contributed by atoms with Crippen LogP contribution in [0.25, 0.3) is 21.7 Å². The predicted octanol–water partition coefficient (Wildman–Crippen LogP) is 5.04. The lowest BCUT2D eigenvalue weighted by atomic mass is 9.38. The molecule has 2 aromatic heterocycles. The number of β-amino-alcohol motifs (C(OH)–C–C–N with tert-alkyl or cyclic N) is 1. The maximum absolute atomic E-state index is 14.0. The number of likely N-dealkylation sites (tertiary alicyclic amines) is 1. The summed E-state index contributed by atoms with van der Waals surface area (Å²) >= 11 is 1.57. The largest absolute Gasteiger partial charge is 0.507 e. The minimum absolute atomic E-state index is 0.00503. The minimum atomic E-state index is -0.923. The normalized spacial score (nSPS) is 22.1. The number of ether oxygens (including phenoxy) is 1. The number of nitrogens with two attached hydrogens (primary N) is 1. The molecule has 0 unspecified atom stereocenters. The van der Waals surface area contributed by atoms with Gasteiger partial charge in [-0.05, 0) is 79.5 Å². The lowest BCUT2D eigenvalue weighted by molar-refractivity contribution is -0.171. The number of amides is 4. The molecule has 3 atom stereocenters. The lowest BCUT2D eigenvalue weighted by Gasteiger charge is -2.71. The Labute approximate surface area is 359 Å². The Bertz CT molecular complexity index is 2240. The summed E-state index contributed by atoms with van der Waals surface area (Å²) in [6.07, 6.45) is 4.10. The Morgan fingerprint density at radius 3 is 2.39 bits per heavy atom. The number of nitrogen functional groups attached to an aromatic ring is 1. The van der Waals surface area contributed by atoms with Gasteiger partial charge in [-0.1, -0.05) is 57.2 Å². The van der Waals surface area contributed by atoms with E-state index in [-0.39, 0.29) is 66.2 Å². The SMILES string of the molecule is Cc1ncsc1-c1ccc(CNC(=O)[C@@H]2C[C@@H](O)CN2C(=O)[C@@H](NC(=O)CCCCC(=O)NC23CC(CCOc4cc(-c5ccccc5O)nnc4N)(C2)C3)C(C)(C)C)cc1. The molecular weight excluding hydrogens is 797 g/mol. The van der Waals surface area contributed by atoms with Crippen molar-refractivity contribution in [1.82, 2.24) is 36.0 Å². The fourth-order valence-corrected chi connectivity index (χ4v) is 9.85. The van der Waals surface area contributed by atoms with Gasteiger partial charge in [0.25, 0.3) is 0 Å². The van der Waals surface area contributed by atoms with E-state index < -0.39 is 29.5 Å². The van der Waals surface area contributed by atoms with E-state index in [2.05, 4.69) is 31.1 Å². The van der Waals surface area contributed by atoms with Gasteiger partial charge in [-0.25, -0.2) is 4.98 Å². The summed E-state index contributed by atoms with van der Waals surface area (Å²) in [5.41, 5.74) is 11.0. The van der Waals surface area contributed by atoms with E-state index in [9.17, 15) is 29.4 Å². The summed E-state index contributed by atoms with van der Waals surface area (Å²) in [7, 11) is 0. The van der Waals surface area contributed by atoms with Crippen LogP contribution in [-0.2, 0) is 25.7 Å². The van der Waals surface area contributed by atoms with Crippen LogP contribution in [-0.4, -0.2) is 90.8 Å². The number of nitrogens with zero attached hydrogens (tertiary/aromatic N) is 4. The monoisotopic (exact) mass is 852 g/mol. The van der Waals surface area contributed by atoms with Crippen LogP contribution >= 0.6 is 11.3 Å². The molecule has 3 aliphatic carbocycles. The first kappa shape index (κ1) is 43.5. The third kappa shape index (κ3) is 9.97. The number of carbonyl (C=O) groups excluding carboxylic acids is 4. The van der Waals surface area contributed by atoms with Crippen molar-refractivity contribution in [1.29, 1.82) is 0 Å². The number of anilines is 1. The maximum Gasteiger partial charge on any atom is 0.246 e. The summed E-state index contributed by atoms with van der Waals surface area (Å²) in [5, 5.41) is 37.9. The molecule has 2 bridgehead atoms. The highest BCUT2D eigenvalue weighted by Gasteiger charge is 2.67. The second kappa shape index (κ2) is 17.8. The molecule has 61 heavy (non-hydrogen) atoms. The third-order valence-corrected chi connectivity index (χ3v) is 13.1. The molecule has 16 heteroatoms. The Morgan fingerprint density at radius 2 is 1.72 bits per heavy atom. The number of unbranched alkanes of at least 4 members (excludes halogenated alkanes) is 1. The molecule has 4 aromatic rings. The zero-order valence-electron chi connectivity index (χ0n) is 35.2. The number of aliphatic hydroxyl groups excluding tert-OH is 1. The second-order valence-corrected chi connectivity index (χ2v) is 19.0. The van der Waals surface area contributed by atoms with E-state index in [4.69, 9.17) is 10.5 Å². The van der Waals surface area contributed by atoms with Crippen LogP contribution in [0.1, 0.15) is 89.8 Å². The Kier molecular flexibility index (Phi) is 12.7. The summed E-state index contributed by atoms with van der Waals surface area (Å²) in [5.74, 6) is -0.453. The summed E-state index contributed by atoms with van der Waals surface area (Å²) in [6.45, 7) is 8.21. The highest BCUT2D eigenvalue weighted by Crippen LogP contribution is 2.69. The van der Waals surface area contributed by atoms with Crippen LogP contribution < -0.4 is 26.4 Å². The first-order chi connectivity index (χ1) is 29.0. The molecule has 4 fully saturated rings. The lowest BCUT2D eigenvalue weighted by Crippen LogP contribution is -2.74. The third-order valence-electron chi connectivity index (χ3n) is 12.2. The number of benzene rings is 2. The van der Waals surface area contributed by atoms with Crippen molar-refractivity contribution in [2.75, 3.05) is 18.9 Å². The van der Waals surface area contributed by atoms with Gasteiger partial charge in [0.05, 0.1) is 28.8 Å². The van der Waals surface area contributed by atoms with Gasteiger partial charge >= 0.3 is 0 Å². The van der Waals surface area contributed by atoms with Gasteiger partial charge in [-0.15, -0.1) is 21.5 Å². The van der Waals surface area contributed by atoms with Crippen molar-refractivity contribution < 1.29 is 34.1 Å². The van der Waals surface area contributed by atoms with Gasteiger partial charge in [-0.3, -0.25) is 19.2 Å². The highest BCUT2D eigenvalue weighted by molar-refractivity contribution is 7.13. The van der Waals surface area contributed by atoms with Crippen LogP contribution in [0.2, 0.25) is 0 Å². The molecule has 3 saturated carbocycles. The van der Waals surface area contributed by atoms with Crippen molar-refractivity contribution in [2.45, 2.75) is 116 Å². The number of carbonyl (C=O) groups is 4. The number of thiazole rings is 1. The zero-order chi connectivity index (χ0) is 43.5. The van der Waals surface area contributed by atoms with E-state index in [0.29, 0.717) is 42.9 Å². The number of aryl methyl sites for hydroxylation is 1. The first-order valence-corrected chi connectivity index (χ1v) is 21.8. The van der Waals surface area contributed by atoms with Gasteiger partial charge < -0.3 is 41.5 Å². The van der Waals surface area contributed by atoms with Gasteiger partial charge in [0, 0.05) is 49.5 Å². The number of aliphatic hydroxyl groups is 1. The summed E-state index contributed by atoms with van der Waals surface area (Å²) < 4.78 is 5.99. The van der Waals surface area contributed by atoms with E-state index in [1.165, 1.54) is 4.90 Å². The Hall–Kier alpha value is -5.61. The standard InChI is InChI=1S/C45H56N8O7S/c1-27-38(61-26-48-27)29-15-13-28(14-16-29)21-47-41(58)33-19-30(54)22-53(33)42(59)39(43(2,3)4)49-36(56)11-7-8-12-37(57)50-45-23-44(24-45,25-45)17-18-60-35-20-32(51-52-40(35)46)31-9-5-6-10-34(31)55/h5-6,9-10,13-16,20,26,30,33,39,54-55H,7-8,11-12,17-19,21-25H2,1-4H3,(H2,46,52)(H,47,58)(H,49,56)(H,50,57)/t30-,33+,39-,44?,45?/m1/s1. The fraction of sp³-hybridized carbons (Fsp3) is 0.489. The predicted molar refractivity (Wildman–Crippen MR) is 231 cm³/mol. The Balaban J connectivity index is 0.814. The van der Waals surface area contributed by atoms with E-state index in [1.807, 2.05) is 57.5 Å². The number of hydrogen-bond acceptors (Lipinski definition) is 12. The number of phenols is 1. The van der Waals surface area contributed by atoms with Gasteiger partial charge in [0.15, 0.2) is 11.6 Å². The molecule has 7 N–H and O–H groups in total. The fourth-order valence-electron chi connectivity index (χ4n) is 9.04. The number of hydrogen-bond donors (Lipinski definition) is 6. The molecule has 0 radical (unpaired) electrons. The average molecular weight is 853 g/mol. The minimum Gasteiger partial charge on any atom is -0.507 e. The number of nitrogens with one attached hydrogen (secondary N) is 3. The molecule has 1 saturated heterocycles. The number of rotatable bonds is 17. The van der Waals surface area contributed by atoms with Gasteiger partial charge in [0.2, 0.25) is 23.6 Å². The van der Waals surface area contributed by atoms with Crippen LogP contribution in [0, 0.1) is 17.8 Å². The van der Waals surface area contributed by atoms with Crippen LogP contribution in [0.3, 0.4) is 0 Å². The van der Waals surface area contributed by atoms with Crippen LogP contribution in [0.15, 0.2) is 60.1 Å². The molecular formula is C45H56N8O7S. The molecule has 3 heterocycles. The highest BCUT2D eigenvalue weighted by atomic mass is 32.1. The molecule has 15 nitrogen and oxygen atoms in total. The average Bonchev–Trinajstić information content (AvgIpc) is 3.81. The molecule has 2 aromatic carbocycles. The van der Waals surface area contributed by atoms with Gasteiger partial charge in [0.1, 0.15) is 23.5 Å². The van der Waals surface area contributed by atoms with E-state index in [0.717, 1.165) is 47.4 Å². The number of aromatic nitrogens is 3. The topological polar surface area (TPSA) is 222 Å². The molecule has 4 aliphatic rings. The molecule has 324 valence electrons. The maximum atomic E-state index is 14.0. The summed E-state index contributed by atoms with van der Waals surface area (Å²) in [6, 6.07) is 14.6. The number of para-hydroxylation sites is 1. The van der Waals surface area contributed by atoms with Crippen molar-refractivity contribution in [2.24, 2.45) is 10.8 Å². The first-order valence-electron chi connectivity index (χ1n) is 20.9. The van der Waals surface area contributed by atoms with Crippen molar-refractivity contribution in [3.63, 3.8) is 0 Å². The van der Waals surface area contributed by atoms with Gasteiger partial charge in [-0.2, -0.15) is 0 Å². The second-order valence-electron chi connectivity index (χ2n) is 18.1. The van der Waals surface area contributed by atoms with Crippen molar-refractivity contribution in [3.8, 4) is 33.2 Å². The summed E-state index contributed by atoms with van der Waals surface area (Å²) in [4.78, 5) is 60.3. The van der Waals surface area contributed by atoms with Crippen LogP contribution in [0.4, 0.5) is 5.82 Å². The van der Waals surface area contributed by atoms with E-state index >= 15 is 0 Å². The van der Waals surface area contributed by atoms with Crippen molar-refractivity contribution in [3.05, 3.63) is 71.4 Å². The molecule has 8 rings (SSSR count).